The largest absolute Gasteiger partial charge is 0.461 e. The molecule has 0 aliphatic heterocycles. The average Bonchev–Trinajstić information content (AvgIpc) is 2.53. The third kappa shape index (κ3) is 4.07. The van der Waals surface area contributed by atoms with E-state index >= 15 is 0 Å². The second-order valence-electron chi connectivity index (χ2n) is 5.13. The number of hydrogen-bond acceptors (Lipinski definition) is 1. The third-order valence-corrected chi connectivity index (χ3v) is 5.83. The summed E-state index contributed by atoms with van der Waals surface area (Å²) in [7, 11) is -4.10. The lowest BCUT2D eigenvalue weighted by molar-refractivity contribution is -0.331. The molecule has 0 fully saturated rings. The average molecular weight is 546 g/mol. The Labute approximate surface area is 166 Å². The fourth-order valence-electron chi connectivity index (χ4n) is 2.01. The van der Waals surface area contributed by atoms with Gasteiger partial charge in [0.15, 0.2) is 0 Å². The van der Waals surface area contributed by atoms with Gasteiger partial charge in [-0.05, 0) is 29.8 Å². The third-order valence-electron chi connectivity index (χ3n) is 3.31. The summed E-state index contributed by atoms with van der Waals surface area (Å²) in [6, 6.07) is 5.99. The highest BCUT2D eigenvalue weighted by Crippen LogP contribution is 2.51. The zero-order chi connectivity index (χ0) is 20.8. The van der Waals surface area contributed by atoms with Crippen LogP contribution in [0.1, 0.15) is 0 Å². The van der Waals surface area contributed by atoms with Crippen LogP contribution in [-0.2, 0) is 10.8 Å². The van der Waals surface area contributed by atoms with Crippen LogP contribution in [0.15, 0.2) is 50.2 Å². The molecule has 0 heterocycles. The maximum absolute atomic E-state index is 13.9. The quantitative estimate of drug-likeness (QED) is 0.381. The van der Waals surface area contributed by atoms with E-state index in [0.29, 0.717) is 0 Å². The molecule has 0 aliphatic rings. The maximum Gasteiger partial charge on any atom is 0.461 e. The van der Waals surface area contributed by atoms with Gasteiger partial charge in [-0.1, -0.05) is 44.0 Å². The fourth-order valence-corrected chi connectivity index (χ4v) is 5.02. The molecule has 2 aromatic rings. The van der Waals surface area contributed by atoms with Gasteiger partial charge >= 0.3 is 17.4 Å². The summed E-state index contributed by atoms with van der Waals surface area (Å²) in [5.74, 6) is -7.25. The van der Waals surface area contributed by atoms with Crippen molar-refractivity contribution in [1.29, 1.82) is 0 Å². The van der Waals surface area contributed by atoms with Crippen molar-refractivity contribution in [3.8, 4) is 11.1 Å². The van der Waals surface area contributed by atoms with E-state index in [1.165, 1.54) is 6.07 Å². The summed E-state index contributed by atoms with van der Waals surface area (Å²) in [5.41, 5.74) is -0.362. The van der Waals surface area contributed by atoms with Crippen LogP contribution in [0.3, 0.4) is 0 Å². The summed E-state index contributed by atoms with van der Waals surface area (Å²) < 4.78 is 117. The van der Waals surface area contributed by atoms with E-state index in [-0.39, 0.29) is 20.1 Å². The summed E-state index contributed by atoms with van der Waals surface area (Å²) in [5, 5.41) is -5.96. The molecule has 0 N–H and O–H groups in total. The van der Waals surface area contributed by atoms with Crippen molar-refractivity contribution in [3.05, 3.63) is 51.2 Å². The summed E-state index contributed by atoms with van der Waals surface area (Å²) in [4.78, 5) is -0.989. The minimum atomic E-state index is -6.62. The Balaban J connectivity index is 2.71. The molecule has 0 saturated heterocycles. The van der Waals surface area contributed by atoms with Crippen molar-refractivity contribution in [1.82, 2.24) is 0 Å². The molecule has 148 valence electrons. The Hall–Kier alpha value is -1.01. The van der Waals surface area contributed by atoms with Crippen LogP contribution in [-0.4, -0.2) is 21.6 Å². The molecule has 12 heteroatoms. The monoisotopic (exact) mass is 544 g/mol. The zero-order valence-corrected chi connectivity index (χ0v) is 16.5. The van der Waals surface area contributed by atoms with Crippen LogP contribution < -0.4 is 0 Å². The van der Waals surface area contributed by atoms with E-state index in [4.69, 9.17) is 0 Å². The highest BCUT2D eigenvalue weighted by atomic mass is 79.9. The first-order valence-electron chi connectivity index (χ1n) is 6.69. The van der Waals surface area contributed by atoms with E-state index in [1.54, 1.807) is 0 Å². The van der Waals surface area contributed by atoms with Gasteiger partial charge in [0.25, 0.3) is 0 Å². The van der Waals surface area contributed by atoms with Crippen LogP contribution in [0.5, 0.6) is 0 Å². The molecule has 1 unspecified atom stereocenters. The standard InChI is InChI=1S/C15H6Br2F8OS/c16-8-5-10(17)12(7-1-3-9(18)4-2-7)11(6-8)27(26)15(24,25)13(19,20)14(21,22)23/h1-6H. The van der Waals surface area contributed by atoms with E-state index < -0.39 is 38.9 Å². The highest BCUT2D eigenvalue weighted by molar-refractivity contribution is 9.11. The van der Waals surface area contributed by atoms with Crippen molar-refractivity contribution < 1.29 is 39.3 Å². The van der Waals surface area contributed by atoms with Crippen LogP contribution in [0, 0.1) is 5.82 Å². The molecular formula is C15H6Br2F8OS. The van der Waals surface area contributed by atoms with Gasteiger partial charge in [0.2, 0.25) is 0 Å². The molecule has 0 aliphatic carbocycles. The number of hydrogen-bond donors (Lipinski definition) is 0. The molecule has 1 atom stereocenters. The van der Waals surface area contributed by atoms with Gasteiger partial charge in [-0.25, -0.2) is 8.60 Å². The number of halogens is 10. The number of rotatable bonds is 4. The molecule has 0 bridgehead atoms. The summed E-state index contributed by atoms with van der Waals surface area (Å²) in [6.07, 6.45) is -6.62. The van der Waals surface area contributed by atoms with Crippen molar-refractivity contribution in [2.75, 3.05) is 0 Å². The predicted molar refractivity (Wildman–Crippen MR) is 89.6 cm³/mol. The Morgan fingerprint density at radius 2 is 1.37 bits per heavy atom. The first-order chi connectivity index (χ1) is 12.2. The Kier molecular flexibility index (Phi) is 6.13. The van der Waals surface area contributed by atoms with Crippen LogP contribution >= 0.6 is 31.9 Å². The van der Waals surface area contributed by atoms with Gasteiger partial charge in [0.1, 0.15) is 16.6 Å². The molecule has 1 nitrogen and oxygen atoms in total. The predicted octanol–water partition coefficient (Wildman–Crippen LogP) is 6.92. The molecule has 0 radical (unpaired) electrons. The fraction of sp³-hybridized carbons (Fsp3) is 0.200. The van der Waals surface area contributed by atoms with Crippen LogP contribution in [0.4, 0.5) is 35.1 Å². The van der Waals surface area contributed by atoms with Crippen molar-refractivity contribution in [2.24, 2.45) is 0 Å². The highest BCUT2D eigenvalue weighted by Gasteiger charge is 2.76. The Morgan fingerprint density at radius 3 is 1.85 bits per heavy atom. The van der Waals surface area contributed by atoms with Crippen LogP contribution in [0.2, 0.25) is 0 Å². The minimum Gasteiger partial charge on any atom is -0.248 e. The summed E-state index contributed by atoms with van der Waals surface area (Å²) >= 11 is 5.84. The molecule has 2 rings (SSSR count). The number of benzene rings is 2. The topological polar surface area (TPSA) is 17.1 Å². The van der Waals surface area contributed by atoms with Gasteiger partial charge in [-0.15, -0.1) is 0 Å². The molecule has 2 aromatic carbocycles. The second kappa shape index (κ2) is 7.43. The Bertz CT molecular complexity index is 881. The lowest BCUT2D eigenvalue weighted by atomic mass is 10.1. The van der Waals surface area contributed by atoms with E-state index in [2.05, 4.69) is 31.9 Å². The van der Waals surface area contributed by atoms with Crippen molar-refractivity contribution in [2.45, 2.75) is 22.2 Å². The van der Waals surface area contributed by atoms with Crippen LogP contribution in [0.25, 0.3) is 11.1 Å². The molecule has 0 amide bonds. The molecular weight excluding hydrogens is 540 g/mol. The van der Waals surface area contributed by atoms with E-state index in [1.807, 2.05) is 0 Å². The van der Waals surface area contributed by atoms with Gasteiger partial charge in [0.05, 0.1) is 4.90 Å². The number of alkyl halides is 7. The van der Waals surface area contributed by atoms with Gasteiger partial charge < -0.3 is 0 Å². The molecule has 0 saturated carbocycles. The first-order valence-corrected chi connectivity index (χ1v) is 9.43. The Morgan fingerprint density at radius 1 is 0.852 bits per heavy atom. The van der Waals surface area contributed by atoms with Gasteiger partial charge in [-0.3, -0.25) is 0 Å². The normalized spacial score (nSPS) is 14.3. The lowest BCUT2D eigenvalue weighted by Gasteiger charge is -2.28. The van der Waals surface area contributed by atoms with Crippen molar-refractivity contribution >= 4 is 42.7 Å². The van der Waals surface area contributed by atoms with Gasteiger partial charge in [0, 0.05) is 14.5 Å². The molecule has 27 heavy (non-hydrogen) atoms. The molecule has 0 aromatic heterocycles. The minimum absolute atomic E-state index is 0.00490. The first kappa shape index (κ1) is 22.3. The summed E-state index contributed by atoms with van der Waals surface area (Å²) in [6.45, 7) is 0. The van der Waals surface area contributed by atoms with Gasteiger partial charge in [-0.2, -0.15) is 30.7 Å². The van der Waals surface area contributed by atoms with Crippen molar-refractivity contribution in [3.63, 3.8) is 0 Å². The smallest absolute Gasteiger partial charge is 0.248 e. The SMILES string of the molecule is O=S(c1cc(Br)cc(Br)c1-c1ccc(F)cc1)C(F)(F)C(F)(F)C(F)(F)F. The van der Waals surface area contributed by atoms with E-state index in [0.717, 1.165) is 30.3 Å². The second-order valence-corrected chi connectivity index (χ2v) is 8.39. The maximum atomic E-state index is 13.9. The zero-order valence-electron chi connectivity index (χ0n) is 12.6. The lowest BCUT2D eigenvalue weighted by Crippen LogP contribution is -2.54. The van der Waals surface area contributed by atoms with E-state index in [9.17, 15) is 39.3 Å². The molecule has 0 spiro atoms.